The quantitative estimate of drug-likeness (QED) is 0.145. The van der Waals surface area contributed by atoms with Crippen molar-refractivity contribution in [2.45, 2.75) is 110 Å². The van der Waals surface area contributed by atoms with E-state index in [1.54, 1.807) is 12.1 Å². The zero-order valence-corrected chi connectivity index (χ0v) is 30.2. The fourth-order valence-electron chi connectivity index (χ4n) is 7.11. The van der Waals surface area contributed by atoms with E-state index < -0.39 is 0 Å². The van der Waals surface area contributed by atoms with E-state index in [2.05, 4.69) is 22.5 Å². The van der Waals surface area contributed by atoms with Crippen molar-refractivity contribution in [1.29, 1.82) is 0 Å². The van der Waals surface area contributed by atoms with Crippen LogP contribution in [0.15, 0.2) is 59.2 Å². The van der Waals surface area contributed by atoms with Crippen LogP contribution in [0.3, 0.4) is 0 Å². The molecule has 0 radical (unpaired) electrons. The van der Waals surface area contributed by atoms with Crippen molar-refractivity contribution in [3.63, 3.8) is 0 Å². The van der Waals surface area contributed by atoms with Gasteiger partial charge in [0.1, 0.15) is 28.0 Å². The third-order valence-electron chi connectivity index (χ3n) is 9.78. The Kier molecular flexibility index (Phi) is 11.8. The van der Waals surface area contributed by atoms with E-state index in [1.165, 1.54) is 23.0 Å². The topological polar surface area (TPSA) is 78.6 Å². The summed E-state index contributed by atoms with van der Waals surface area (Å²) in [5.41, 5.74) is 3.80. The number of nitrogens with zero attached hydrogens (tertiary/aromatic N) is 4. The summed E-state index contributed by atoms with van der Waals surface area (Å²) in [6.45, 7) is 6.82. The molecule has 6 rings (SSSR count). The summed E-state index contributed by atoms with van der Waals surface area (Å²) in [5.74, 6) is 2.20. The number of rotatable bonds is 11. The summed E-state index contributed by atoms with van der Waals surface area (Å²) in [7, 11) is 0. The minimum absolute atomic E-state index is 0.0962. The van der Waals surface area contributed by atoms with Gasteiger partial charge in [0, 0.05) is 53.6 Å². The van der Waals surface area contributed by atoms with Gasteiger partial charge in [-0.1, -0.05) is 49.9 Å². The second-order valence-corrected chi connectivity index (χ2v) is 15.1. The molecule has 260 valence electrons. The number of fused-ring (bicyclic) bond motifs is 1. The zero-order valence-electron chi connectivity index (χ0n) is 28.7. The number of pyridine rings is 1. The summed E-state index contributed by atoms with van der Waals surface area (Å²) in [4.78, 5) is 28.9. The van der Waals surface area contributed by atoms with E-state index in [0.717, 1.165) is 92.6 Å². The van der Waals surface area contributed by atoms with Gasteiger partial charge in [-0.05, 0) is 94.0 Å². The molecule has 3 atom stereocenters. The van der Waals surface area contributed by atoms with Crippen LogP contribution in [-0.4, -0.2) is 32.8 Å². The van der Waals surface area contributed by atoms with Crippen LogP contribution < -0.4 is 4.74 Å². The molecule has 0 bridgehead atoms. The number of carbonyl (C=O) groups is 1. The maximum Gasteiger partial charge on any atom is 0.348 e. The van der Waals surface area contributed by atoms with Crippen molar-refractivity contribution in [2.24, 2.45) is 16.8 Å². The number of aliphatic imine (C=N–C) groups is 1. The molecule has 49 heavy (non-hydrogen) atoms. The molecule has 1 aliphatic carbocycles. The Hall–Kier alpha value is -3.56. The zero-order chi connectivity index (χ0) is 34.3. The molecule has 10 heteroatoms. The Balaban J connectivity index is 1.18. The Bertz CT molecular complexity index is 1810. The molecular weight excluding hydrogens is 659 g/mol. The van der Waals surface area contributed by atoms with Gasteiger partial charge in [-0.2, -0.15) is 0 Å². The molecule has 1 aliphatic heterocycles. The van der Waals surface area contributed by atoms with Crippen LogP contribution in [-0.2, 0) is 24.3 Å². The summed E-state index contributed by atoms with van der Waals surface area (Å²) >= 11 is 7.33. The Morgan fingerprint density at radius 1 is 1.08 bits per heavy atom. The minimum atomic E-state index is -0.381. The third kappa shape index (κ3) is 8.97. The van der Waals surface area contributed by atoms with E-state index in [4.69, 9.17) is 31.0 Å². The van der Waals surface area contributed by atoms with Gasteiger partial charge in [-0.15, -0.1) is 11.3 Å². The maximum absolute atomic E-state index is 14.3. The molecule has 0 amide bonds. The Labute approximate surface area is 297 Å². The second kappa shape index (κ2) is 16.4. The first kappa shape index (κ1) is 35.3. The molecule has 4 aromatic rings. The van der Waals surface area contributed by atoms with E-state index in [0.29, 0.717) is 39.1 Å². The lowest BCUT2D eigenvalue weighted by Gasteiger charge is -2.25. The smallest absolute Gasteiger partial charge is 0.348 e. The highest BCUT2D eigenvalue weighted by Crippen LogP contribution is 2.36. The normalized spacial score (nSPS) is 20.1. The highest BCUT2D eigenvalue weighted by atomic mass is 35.5. The number of aromatic nitrogens is 3. The van der Waals surface area contributed by atoms with Gasteiger partial charge in [0.05, 0.1) is 11.6 Å². The molecule has 1 fully saturated rings. The molecular formula is C39H46ClFN4O3S. The SMILES string of the molecule is CCC1CCC=NC=C1Cn1c(CC2CCCCC(c3cccc(OCc4ccc(Cl)cc4F)n3)CC2)nc2sc(C(=O)OC(C)C)cc21. The van der Waals surface area contributed by atoms with Crippen LogP contribution in [0.4, 0.5) is 4.39 Å². The number of esters is 1. The van der Waals surface area contributed by atoms with Crippen LogP contribution in [0.5, 0.6) is 5.88 Å². The predicted molar refractivity (Wildman–Crippen MR) is 195 cm³/mol. The first-order valence-corrected chi connectivity index (χ1v) is 18.9. The number of imidazole rings is 1. The van der Waals surface area contributed by atoms with Crippen molar-refractivity contribution in [2.75, 3.05) is 0 Å². The average Bonchev–Trinajstić information content (AvgIpc) is 3.52. The van der Waals surface area contributed by atoms with E-state index in [-0.39, 0.29) is 24.5 Å². The Morgan fingerprint density at radius 3 is 2.76 bits per heavy atom. The number of thiophene rings is 1. The number of benzene rings is 1. The number of hydrogen-bond donors (Lipinski definition) is 0. The van der Waals surface area contributed by atoms with Gasteiger partial charge in [-0.25, -0.2) is 19.2 Å². The van der Waals surface area contributed by atoms with Crippen molar-refractivity contribution in [3.05, 3.63) is 87.0 Å². The molecule has 3 aromatic heterocycles. The predicted octanol–water partition coefficient (Wildman–Crippen LogP) is 10.5. The molecule has 1 saturated carbocycles. The van der Waals surface area contributed by atoms with Crippen LogP contribution in [0.1, 0.15) is 111 Å². The van der Waals surface area contributed by atoms with Crippen molar-refractivity contribution in [1.82, 2.24) is 14.5 Å². The number of halogens is 2. The van der Waals surface area contributed by atoms with E-state index >= 15 is 0 Å². The fourth-order valence-corrected chi connectivity index (χ4v) is 8.21. The largest absolute Gasteiger partial charge is 0.473 e. The lowest BCUT2D eigenvalue weighted by molar-refractivity contribution is 0.0384. The summed E-state index contributed by atoms with van der Waals surface area (Å²) in [6, 6.07) is 12.5. The van der Waals surface area contributed by atoms with Crippen LogP contribution in [0.25, 0.3) is 10.3 Å². The van der Waals surface area contributed by atoms with Gasteiger partial charge in [0.25, 0.3) is 0 Å². The highest BCUT2D eigenvalue weighted by Gasteiger charge is 2.26. The second-order valence-electron chi connectivity index (χ2n) is 13.6. The first-order valence-electron chi connectivity index (χ1n) is 17.7. The molecule has 2 aliphatic rings. The first-order chi connectivity index (χ1) is 23.8. The van der Waals surface area contributed by atoms with Crippen LogP contribution >= 0.6 is 22.9 Å². The van der Waals surface area contributed by atoms with Crippen molar-refractivity contribution < 1.29 is 18.7 Å². The molecule has 4 heterocycles. The van der Waals surface area contributed by atoms with Gasteiger partial charge >= 0.3 is 5.97 Å². The maximum atomic E-state index is 14.3. The molecule has 0 saturated heterocycles. The van der Waals surface area contributed by atoms with Crippen LogP contribution in [0.2, 0.25) is 5.02 Å². The number of allylic oxidation sites excluding steroid dienone is 1. The third-order valence-corrected chi connectivity index (χ3v) is 11.0. The minimum Gasteiger partial charge on any atom is -0.473 e. The van der Waals surface area contributed by atoms with E-state index in [9.17, 15) is 9.18 Å². The van der Waals surface area contributed by atoms with Gasteiger partial charge < -0.3 is 14.0 Å². The van der Waals surface area contributed by atoms with Gasteiger partial charge in [0.15, 0.2) is 0 Å². The average molecular weight is 705 g/mol. The Morgan fingerprint density at radius 2 is 1.94 bits per heavy atom. The molecule has 0 N–H and O–H groups in total. The molecule has 1 aromatic carbocycles. The van der Waals surface area contributed by atoms with Crippen molar-refractivity contribution >= 4 is 45.5 Å². The monoisotopic (exact) mass is 704 g/mol. The number of ether oxygens (including phenoxy) is 2. The lowest BCUT2D eigenvalue weighted by Crippen LogP contribution is -2.17. The van der Waals surface area contributed by atoms with Gasteiger partial charge in [0.2, 0.25) is 5.88 Å². The summed E-state index contributed by atoms with van der Waals surface area (Å²) < 4.78 is 28.1. The highest BCUT2D eigenvalue weighted by molar-refractivity contribution is 7.20. The van der Waals surface area contributed by atoms with E-state index in [1.807, 2.05) is 44.5 Å². The lowest BCUT2D eigenvalue weighted by atomic mass is 9.82. The number of carbonyl (C=O) groups excluding carboxylic acids is 1. The van der Waals surface area contributed by atoms with Crippen molar-refractivity contribution in [3.8, 4) is 5.88 Å². The molecule has 3 unspecified atom stereocenters. The summed E-state index contributed by atoms with van der Waals surface area (Å²) in [6.07, 6.45) is 14.6. The molecule has 7 nitrogen and oxygen atoms in total. The van der Waals surface area contributed by atoms with Crippen LogP contribution in [0, 0.1) is 17.7 Å². The standard InChI is InChI=1S/C39H46ClFN4O3S/c1-4-27-11-8-18-42-22-30(27)23-45-34-21-35(39(46)48-25(2)3)49-38(34)44-36(45)19-26-9-5-6-10-28(15-14-26)33-12-7-13-37(43-33)47-24-29-16-17-31(40)20-32(29)41/h7,12-13,16-18,20-22,25-28H,4-6,8-11,14-15,19,23-24H2,1-3H3. The summed E-state index contributed by atoms with van der Waals surface area (Å²) in [5, 5.41) is 0.363. The fraction of sp³-hybridized carbons (Fsp3) is 0.487. The van der Waals surface area contributed by atoms with Gasteiger partial charge in [-0.3, -0.25) is 4.99 Å². The molecule has 0 spiro atoms. The number of hydrogen-bond acceptors (Lipinski definition) is 7.